The highest BCUT2D eigenvalue weighted by Gasteiger charge is 2.34. The van der Waals surface area contributed by atoms with E-state index in [-0.39, 0.29) is 4.92 Å². The summed E-state index contributed by atoms with van der Waals surface area (Å²) in [5.74, 6) is 0. The van der Waals surface area contributed by atoms with E-state index in [0.29, 0.717) is 13.1 Å². The zero-order chi connectivity index (χ0) is 6.85. The second-order valence-electron chi connectivity index (χ2n) is 1.93. The first-order valence-electron chi connectivity index (χ1n) is 2.66. The number of nitrogens with one attached hydrogen (secondary N) is 1. The smallest absolute Gasteiger partial charge is 0.258 e. The Morgan fingerprint density at radius 3 is 2.78 bits per heavy atom. The number of hydrogen-bond acceptors (Lipinski definition) is 3. The Bertz CT molecular complexity index is 156. The standard InChI is InChI=1S/C4H8N3O2/c1-6-3-2-5-4(6)7(8)9/h4-5H,1-3H2/q+1. The summed E-state index contributed by atoms with van der Waals surface area (Å²) in [7, 11) is 0. The zero-order valence-electron chi connectivity index (χ0n) is 4.91. The molecule has 1 aliphatic rings. The molecule has 50 valence electrons. The Kier molecular flexibility index (Phi) is 1.44. The molecule has 5 heteroatoms. The van der Waals surface area contributed by atoms with Crippen LogP contribution in [0.3, 0.4) is 0 Å². The molecule has 1 rings (SSSR count). The van der Waals surface area contributed by atoms with Crippen molar-refractivity contribution in [3.8, 4) is 0 Å². The number of rotatable bonds is 1. The fourth-order valence-corrected chi connectivity index (χ4v) is 0.797. The molecule has 0 radical (unpaired) electrons. The normalized spacial score (nSPS) is 26.7. The van der Waals surface area contributed by atoms with Gasteiger partial charge in [0.2, 0.25) is 0 Å². The van der Waals surface area contributed by atoms with Crippen LogP contribution in [0.1, 0.15) is 0 Å². The molecule has 0 aromatic rings. The number of nitro groups is 1. The largest absolute Gasteiger partial charge is 0.460 e. The van der Waals surface area contributed by atoms with Gasteiger partial charge in [0.1, 0.15) is 11.6 Å². The highest BCUT2D eigenvalue weighted by molar-refractivity contribution is 5.14. The van der Waals surface area contributed by atoms with Gasteiger partial charge in [0.05, 0.1) is 6.54 Å². The fraction of sp³-hybridized carbons (Fsp3) is 0.750. The van der Waals surface area contributed by atoms with E-state index in [1.54, 1.807) is 0 Å². The van der Waals surface area contributed by atoms with Crippen molar-refractivity contribution in [2.24, 2.45) is 0 Å². The average molecular weight is 130 g/mol. The molecule has 5 nitrogen and oxygen atoms in total. The third kappa shape index (κ3) is 1.05. The van der Waals surface area contributed by atoms with Crippen molar-refractivity contribution in [1.82, 2.24) is 5.32 Å². The van der Waals surface area contributed by atoms with Gasteiger partial charge in [-0.05, 0) is 0 Å². The molecule has 1 N–H and O–H groups in total. The molecule has 0 aromatic heterocycles. The Hall–Kier alpha value is -0.970. The average Bonchev–Trinajstić information content (AvgIpc) is 2.13. The van der Waals surface area contributed by atoms with Gasteiger partial charge in [-0.2, -0.15) is 9.89 Å². The van der Waals surface area contributed by atoms with Gasteiger partial charge < -0.3 is 0 Å². The van der Waals surface area contributed by atoms with Gasteiger partial charge in [0.15, 0.2) is 6.54 Å². The second-order valence-corrected chi connectivity index (χ2v) is 1.93. The third-order valence-corrected chi connectivity index (χ3v) is 1.27. The molecule has 0 bridgehead atoms. The maximum absolute atomic E-state index is 10.1. The van der Waals surface area contributed by atoms with Gasteiger partial charge in [-0.25, -0.2) is 0 Å². The van der Waals surface area contributed by atoms with Crippen molar-refractivity contribution in [3.05, 3.63) is 10.1 Å². The van der Waals surface area contributed by atoms with E-state index < -0.39 is 6.29 Å². The van der Waals surface area contributed by atoms with Crippen LogP contribution >= 0.6 is 0 Å². The Labute approximate surface area is 52.1 Å². The molecule has 1 aliphatic heterocycles. The third-order valence-electron chi connectivity index (χ3n) is 1.27. The summed E-state index contributed by atoms with van der Waals surface area (Å²) in [6, 6.07) is 0. The lowest BCUT2D eigenvalue weighted by Gasteiger charge is -1.94. The first-order chi connectivity index (χ1) is 4.22. The molecule has 1 unspecified atom stereocenters. The molecule has 0 aliphatic carbocycles. The molecule has 0 saturated carbocycles. The van der Waals surface area contributed by atoms with E-state index >= 15 is 0 Å². The lowest BCUT2D eigenvalue weighted by Crippen LogP contribution is -2.36. The minimum Gasteiger partial charge on any atom is -0.258 e. The summed E-state index contributed by atoms with van der Waals surface area (Å²) in [6.07, 6.45) is -0.773. The molecular weight excluding hydrogens is 122 g/mol. The SMILES string of the molecule is C=[N+]1CCNC1[N+](=O)[O-]. The van der Waals surface area contributed by atoms with Gasteiger partial charge in [-0.15, -0.1) is 0 Å². The number of nitrogens with zero attached hydrogens (tertiary/aromatic N) is 2. The van der Waals surface area contributed by atoms with Crippen LogP contribution in [-0.4, -0.2) is 35.6 Å². The van der Waals surface area contributed by atoms with E-state index in [1.807, 2.05) is 0 Å². The van der Waals surface area contributed by atoms with E-state index in [0.717, 1.165) is 0 Å². The maximum Gasteiger partial charge on any atom is 0.460 e. The predicted molar refractivity (Wildman–Crippen MR) is 31.0 cm³/mol. The summed E-state index contributed by atoms with van der Waals surface area (Å²) < 4.78 is 1.42. The molecule has 1 atom stereocenters. The van der Waals surface area contributed by atoms with Crippen LogP contribution < -0.4 is 5.32 Å². The van der Waals surface area contributed by atoms with Crippen LogP contribution in [0.5, 0.6) is 0 Å². The van der Waals surface area contributed by atoms with Crippen LogP contribution in [-0.2, 0) is 0 Å². The lowest BCUT2D eigenvalue weighted by molar-refractivity contribution is -0.746. The maximum atomic E-state index is 10.1. The van der Waals surface area contributed by atoms with Gasteiger partial charge >= 0.3 is 6.29 Å². The monoisotopic (exact) mass is 130 g/mol. The highest BCUT2D eigenvalue weighted by atomic mass is 16.6. The molecule has 0 amide bonds. The molecule has 0 aromatic carbocycles. The molecule has 1 saturated heterocycles. The van der Waals surface area contributed by atoms with Crippen molar-refractivity contribution in [1.29, 1.82) is 0 Å². The van der Waals surface area contributed by atoms with E-state index in [2.05, 4.69) is 12.0 Å². The summed E-state index contributed by atoms with van der Waals surface area (Å²) in [5, 5.41) is 12.7. The Morgan fingerprint density at radius 2 is 2.56 bits per heavy atom. The first kappa shape index (κ1) is 6.15. The van der Waals surface area contributed by atoms with Crippen LogP contribution in [0.4, 0.5) is 0 Å². The summed E-state index contributed by atoms with van der Waals surface area (Å²) in [6.45, 7) is 4.76. The quantitative estimate of drug-likeness (QED) is 0.277. The van der Waals surface area contributed by atoms with Crippen molar-refractivity contribution in [2.45, 2.75) is 6.29 Å². The second kappa shape index (κ2) is 2.10. The minimum atomic E-state index is -0.773. The molecule has 0 spiro atoms. The van der Waals surface area contributed by atoms with Gasteiger partial charge in [0, 0.05) is 0 Å². The molecule has 1 fully saturated rings. The van der Waals surface area contributed by atoms with Crippen molar-refractivity contribution >= 4 is 6.72 Å². The number of hydrogen-bond donors (Lipinski definition) is 1. The summed E-state index contributed by atoms with van der Waals surface area (Å²) in [5.41, 5.74) is 0. The predicted octanol–water partition coefficient (Wildman–Crippen LogP) is -1.14. The van der Waals surface area contributed by atoms with Gasteiger partial charge in [0.25, 0.3) is 0 Å². The highest BCUT2D eigenvalue weighted by Crippen LogP contribution is 1.92. The Morgan fingerprint density at radius 1 is 1.89 bits per heavy atom. The summed E-state index contributed by atoms with van der Waals surface area (Å²) >= 11 is 0. The minimum absolute atomic E-state index is 0.389. The Balaban J connectivity index is 2.60. The molecule has 9 heavy (non-hydrogen) atoms. The van der Waals surface area contributed by atoms with Crippen LogP contribution in [0.2, 0.25) is 0 Å². The van der Waals surface area contributed by atoms with Crippen LogP contribution in [0.15, 0.2) is 0 Å². The van der Waals surface area contributed by atoms with Crippen LogP contribution in [0.25, 0.3) is 0 Å². The van der Waals surface area contributed by atoms with Gasteiger partial charge in [-0.3, -0.25) is 10.1 Å². The lowest BCUT2D eigenvalue weighted by atomic mass is 10.7. The zero-order valence-corrected chi connectivity index (χ0v) is 4.91. The fourth-order valence-electron chi connectivity index (χ4n) is 0.797. The molecular formula is C4H8N3O2+. The van der Waals surface area contributed by atoms with Crippen LogP contribution in [0, 0.1) is 10.1 Å². The van der Waals surface area contributed by atoms with Crippen molar-refractivity contribution in [2.75, 3.05) is 13.1 Å². The van der Waals surface area contributed by atoms with E-state index in [9.17, 15) is 10.1 Å². The first-order valence-corrected chi connectivity index (χ1v) is 2.66. The van der Waals surface area contributed by atoms with Crippen molar-refractivity contribution < 1.29 is 9.50 Å². The topological polar surface area (TPSA) is 58.2 Å². The van der Waals surface area contributed by atoms with E-state index in [1.165, 1.54) is 4.58 Å². The van der Waals surface area contributed by atoms with Crippen molar-refractivity contribution in [3.63, 3.8) is 0 Å². The van der Waals surface area contributed by atoms with E-state index in [4.69, 9.17) is 0 Å². The molecule has 1 heterocycles. The summed E-state index contributed by atoms with van der Waals surface area (Å²) in [4.78, 5) is 9.68. The van der Waals surface area contributed by atoms with Gasteiger partial charge in [-0.1, -0.05) is 0 Å².